The summed E-state index contributed by atoms with van der Waals surface area (Å²) >= 11 is 6.15. The number of anilines is 2. The van der Waals surface area contributed by atoms with Crippen molar-refractivity contribution in [3.63, 3.8) is 0 Å². The van der Waals surface area contributed by atoms with Gasteiger partial charge in [-0.25, -0.2) is 4.79 Å². The van der Waals surface area contributed by atoms with E-state index >= 15 is 0 Å². The summed E-state index contributed by atoms with van der Waals surface area (Å²) in [5.74, 6) is -0.0669. The summed E-state index contributed by atoms with van der Waals surface area (Å²) < 4.78 is 0. The van der Waals surface area contributed by atoms with Crippen LogP contribution in [0.5, 0.6) is 5.75 Å². The van der Waals surface area contributed by atoms with Crippen LogP contribution in [-0.2, 0) is 6.54 Å². The molecule has 1 saturated heterocycles. The number of phenols is 1. The maximum absolute atomic E-state index is 12.5. The van der Waals surface area contributed by atoms with Gasteiger partial charge in [0.1, 0.15) is 5.75 Å². The highest BCUT2D eigenvalue weighted by molar-refractivity contribution is 6.31. The van der Waals surface area contributed by atoms with Crippen LogP contribution in [0.2, 0.25) is 5.02 Å². The molecular weight excluding hydrogens is 440 g/mol. The molecule has 3 N–H and O–H groups in total. The van der Waals surface area contributed by atoms with Gasteiger partial charge < -0.3 is 25.5 Å². The fourth-order valence-corrected chi connectivity index (χ4v) is 3.87. The Hall–Kier alpha value is -3.71. The van der Waals surface area contributed by atoms with E-state index in [4.69, 9.17) is 11.6 Å². The molecule has 3 amide bonds. The Bertz CT molecular complexity index is 1110. The molecule has 0 bridgehead atoms. The summed E-state index contributed by atoms with van der Waals surface area (Å²) in [4.78, 5) is 28.9. The van der Waals surface area contributed by atoms with Gasteiger partial charge in [-0.2, -0.15) is 0 Å². The van der Waals surface area contributed by atoms with Gasteiger partial charge in [0.15, 0.2) is 0 Å². The third-order valence-corrected chi connectivity index (χ3v) is 5.94. The summed E-state index contributed by atoms with van der Waals surface area (Å²) in [6.07, 6.45) is 0. The molecular formula is C25H25ClN4O3. The third kappa shape index (κ3) is 5.75. The standard InChI is InChI=1S/C25H25ClN4O3/c26-23-4-2-1-3-19(23)17-27-25(33)30-15-13-29(14-16-30)21-9-5-18(6-10-21)24(32)28-20-7-11-22(31)12-8-20/h1-12,31H,13-17H2,(H,27,33)(H,28,32). The van der Waals surface area contributed by atoms with Crippen molar-refractivity contribution >= 4 is 34.9 Å². The highest BCUT2D eigenvalue weighted by atomic mass is 35.5. The summed E-state index contributed by atoms with van der Waals surface area (Å²) in [5, 5.41) is 15.7. The molecule has 33 heavy (non-hydrogen) atoms. The van der Waals surface area contributed by atoms with Gasteiger partial charge in [0.2, 0.25) is 0 Å². The second-order valence-corrected chi connectivity index (χ2v) is 8.18. The third-order valence-electron chi connectivity index (χ3n) is 5.57. The Balaban J connectivity index is 1.27. The first-order valence-corrected chi connectivity index (χ1v) is 11.1. The first-order chi connectivity index (χ1) is 16.0. The van der Waals surface area contributed by atoms with Crippen LogP contribution in [0.1, 0.15) is 15.9 Å². The normalized spacial score (nSPS) is 13.5. The molecule has 4 rings (SSSR count). The van der Waals surface area contributed by atoms with Gasteiger partial charge >= 0.3 is 6.03 Å². The van der Waals surface area contributed by atoms with Crippen molar-refractivity contribution in [2.45, 2.75) is 6.54 Å². The second kappa shape index (κ2) is 10.3. The number of carbonyl (C=O) groups excluding carboxylic acids is 2. The lowest BCUT2D eigenvalue weighted by Crippen LogP contribution is -2.51. The summed E-state index contributed by atoms with van der Waals surface area (Å²) in [5.41, 5.74) is 3.06. The topological polar surface area (TPSA) is 84.9 Å². The van der Waals surface area contributed by atoms with Crippen molar-refractivity contribution in [3.05, 3.63) is 88.9 Å². The van der Waals surface area contributed by atoms with E-state index in [1.807, 2.05) is 36.4 Å². The van der Waals surface area contributed by atoms with Gasteiger partial charge in [-0.3, -0.25) is 4.79 Å². The quantitative estimate of drug-likeness (QED) is 0.491. The van der Waals surface area contributed by atoms with E-state index in [-0.39, 0.29) is 17.7 Å². The van der Waals surface area contributed by atoms with Gasteiger partial charge in [0, 0.05) is 54.7 Å². The molecule has 0 aliphatic carbocycles. The number of nitrogens with zero attached hydrogens (tertiary/aromatic N) is 2. The Morgan fingerprint density at radius 2 is 1.55 bits per heavy atom. The first-order valence-electron chi connectivity index (χ1n) is 10.7. The number of halogens is 1. The zero-order valence-electron chi connectivity index (χ0n) is 18.0. The lowest BCUT2D eigenvalue weighted by molar-refractivity contribution is 0.102. The molecule has 3 aromatic carbocycles. The molecule has 3 aromatic rings. The lowest BCUT2D eigenvalue weighted by atomic mass is 10.1. The minimum absolute atomic E-state index is 0.101. The molecule has 1 heterocycles. The average Bonchev–Trinajstić information content (AvgIpc) is 2.85. The monoisotopic (exact) mass is 464 g/mol. The van der Waals surface area contributed by atoms with E-state index in [9.17, 15) is 14.7 Å². The number of piperazine rings is 1. The van der Waals surface area contributed by atoms with Crippen LogP contribution in [0.4, 0.5) is 16.2 Å². The van der Waals surface area contributed by atoms with Crippen LogP contribution in [0.25, 0.3) is 0 Å². The number of rotatable bonds is 5. The highest BCUT2D eigenvalue weighted by Gasteiger charge is 2.21. The van der Waals surface area contributed by atoms with Gasteiger partial charge in [0.05, 0.1) is 0 Å². The molecule has 0 spiro atoms. The lowest BCUT2D eigenvalue weighted by Gasteiger charge is -2.36. The fourth-order valence-electron chi connectivity index (χ4n) is 3.66. The van der Waals surface area contributed by atoms with E-state index < -0.39 is 0 Å². The predicted octanol–water partition coefficient (Wildman–Crippen LogP) is 4.33. The van der Waals surface area contributed by atoms with Crippen LogP contribution in [0.15, 0.2) is 72.8 Å². The Morgan fingerprint density at radius 1 is 0.879 bits per heavy atom. The number of amides is 3. The zero-order valence-corrected chi connectivity index (χ0v) is 18.8. The van der Waals surface area contributed by atoms with Crippen LogP contribution in [-0.4, -0.2) is 48.1 Å². The number of carbonyl (C=O) groups is 2. The van der Waals surface area contributed by atoms with Crippen molar-refractivity contribution in [1.29, 1.82) is 0 Å². The summed E-state index contributed by atoms with van der Waals surface area (Å²) in [6, 6.07) is 21.1. The maximum atomic E-state index is 12.5. The Kier molecular flexibility index (Phi) is 7.00. The molecule has 1 aliphatic rings. The van der Waals surface area contributed by atoms with Crippen LogP contribution in [0.3, 0.4) is 0 Å². The minimum atomic E-state index is -0.216. The predicted molar refractivity (Wildman–Crippen MR) is 130 cm³/mol. The number of benzene rings is 3. The van der Waals surface area contributed by atoms with Gasteiger partial charge in [0.25, 0.3) is 5.91 Å². The SMILES string of the molecule is O=C(Nc1ccc(O)cc1)c1ccc(N2CCN(C(=O)NCc3ccccc3Cl)CC2)cc1. The smallest absolute Gasteiger partial charge is 0.317 e. The molecule has 0 aromatic heterocycles. The zero-order chi connectivity index (χ0) is 23.2. The van der Waals surface area contributed by atoms with E-state index in [0.717, 1.165) is 11.3 Å². The number of phenolic OH excluding ortho intramolecular Hbond substituents is 1. The molecule has 1 fully saturated rings. The average molecular weight is 465 g/mol. The number of hydrogen-bond donors (Lipinski definition) is 3. The Morgan fingerprint density at radius 3 is 2.21 bits per heavy atom. The fraction of sp³-hybridized carbons (Fsp3) is 0.200. The number of urea groups is 1. The number of hydrogen-bond acceptors (Lipinski definition) is 4. The molecule has 1 aliphatic heterocycles. The van der Waals surface area contributed by atoms with Gasteiger partial charge in [-0.1, -0.05) is 29.8 Å². The molecule has 8 heteroatoms. The highest BCUT2D eigenvalue weighted by Crippen LogP contribution is 2.20. The molecule has 0 radical (unpaired) electrons. The Labute approximate surface area is 197 Å². The minimum Gasteiger partial charge on any atom is -0.508 e. The van der Waals surface area contributed by atoms with E-state index in [1.54, 1.807) is 29.2 Å². The van der Waals surface area contributed by atoms with Crippen LogP contribution >= 0.6 is 11.6 Å². The van der Waals surface area contributed by atoms with Crippen molar-refractivity contribution < 1.29 is 14.7 Å². The van der Waals surface area contributed by atoms with Crippen LogP contribution in [0, 0.1) is 0 Å². The van der Waals surface area contributed by atoms with Crippen molar-refractivity contribution in [1.82, 2.24) is 10.2 Å². The van der Waals surface area contributed by atoms with Gasteiger partial charge in [-0.05, 0) is 60.2 Å². The van der Waals surface area contributed by atoms with E-state index in [0.29, 0.717) is 49.0 Å². The largest absolute Gasteiger partial charge is 0.508 e. The first kappa shape index (κ1) is 22.5. The van der Waals surface area contributed by atoms with Crippen LogP contribution < -0.4 is 15.5 Å². The summed E-state index contributed by atoms with van der Waals surface area (Å²) in [7, 11) is 0. The van der Waals surface area contributed by atoms with Gasteiger partial charge in [-0.15, -0.1) is 0 Å². The second-order valence-electron chi connectivity index (χ2n) is 7.77. The molecule has 0 atom stereocenters. The number of aromatic hydroxyl groups is 1. The van der Waals surface area contributed by atoms with Crippen molar-refractivity contribution in [2.24, 2.45) is 0 Å². The molecule has 170 valence electrons. The molecule has 0 unspecified atom stereocenters. The van der Waals surface area contributed by atoms with Crippen molar-refractivity contribution in [3.8, 4) is 5.75 Å². The van der Waals surface area contributed by atoms with E-state index in [2.05, 4.69) is 15.5 Å². The molecule has 7 nitrogen and oxygen atoms in total. The molecule has 0 saturated carbocycles. The van der Waals surface area contributed by atoms with Crippen molar-refractivity contribution in [2.75, 3.05) is 36.4 Å². The maximum Gasteiger partial charge on any atom is 0.317 e. The van der Waals surface area contributed by atoms with E-state index in [1.165, 1.54) is 12.1 Å². The number of nitrogens with one attached hydrogen (secondary N) is 2. The summed E-state index contributed by atoms with van der Waals surface area (Å²) in [6.45, 7) is 3.03.